The van der Waals surface area contributed by atoms with Crippen LogP contribution >= 0.6 is 0 Å². The summed E-state index contributed by atoms with van der Waals surface area (Å²) < 4.78 is 19.3. The Balaban J connectivity index is 1.40. The molecule has 0 N–H and O–H groups in total. The van der Waals surface area contributed by atoms with Gasteiger partial charge >= 0.3 is 0 Å². The highest BCUT2D eigenvalue weighted by Gasteiger charge is 2.55. The van der Waals surface area contributed by atoms with Gasteiger partial charge in [-0.25, -0.2) is 0 Å². The van der Waals surface area contributed by atoms with E-state index < -0.39 is 8.32 Å². The summed E-state index contributed by atoms with van der Waals surface area (Å²) in [5.74, 6) is 2.88. The lowest BCUT2D eigenvalue weighted by atomic mass is 9.73. The Bertz CT molecular complexity index is 1190. The second-order valence-electron chi connectivity index (χ2n) is 12.7. The molecule has 0 amide bonds. The molecule has 0 radical (unpaired) electrons. The van der Waals surface area contributed by atoms with Crippen molar-refractivity contribution in [2.45, 2.75) is 70.1 Å². The lowest BCUT2D eigenvalue weighted by Crippen LogP contribution is -2.68. The van der Waals surface area contributed by atoms with Crippen molar-refractivity contribution in [3.05, 3.63) is 90.0 Å². The van der Waals surface area contributed by atoms with Gasteiger partial charge < -0.3 is 13.9 Å². The van der Waals surface area contributed by atoms with Crippen LogP contribution in [0.3, 0.4) is 0 Å². The molecule has 3 nitrogen and oxygen atoms in total. The van der Waals surface area contributed by atoms with E-state index in [1.165, 1.54) is 27.9 Å². The maximum Gasteiger partial charge on any atom is 0.261 e. The van der Waals surface area contributed by atoms with Gasteiger partial charge in [-0.2, -0.15) is 0 Å². The fraction of sp³-hybridized carbons (Fsp3) is 0.471. The smallest absolute Gasteiger partial charge is 0.261 e. The molecule has 6 rings (SSSR count). The number of epoxide rings is 1. The first kappa shape index (κ1) is 25.9. The van der Waals surface area contributed by atoms with Gasteiger partial charge in [0.1, 0.15) is 5.75 Å². The van der Waals surface area contributed by atoms with E-state index in [1.807, 2.05) is 7.11 Å². The summed E-state index contributed by atoms with van der Waals surface area (Å²) in [5, 5.41) is 2.74. The second kappa shape index (κ2) is 10.3. The van der Waals surface area contributed by atoms with Crippen LogP contribution in [-0.2, 0) is 22.0 Å². The highest BCUT2D eigenvalue weighted by atomic mass is 28.4. The zero-order chi connectivity index (χ0) is 26.3. The Labute approximate surface area is 229 Å². The molecule has 1 saturated carbocycles. The van der Waals surface area contributed by atoms with Crippen molar-refractivity contribution in [2.24, 2.45) is 17.8 Å². The average Bonchev–Trinajstić information content (AvgIpc) is 3.70. The zero-order valence-electron chi connectivity index (χ0n) is 23.4. The Morgan fingerprint density at radius 2 is 1.50 bits per heavy atom. The van der Waals surface area contributed by atoms with Gasteiger partial charge in [0.25, 0.3) is 8.32 Å². The standard InChI is InChI=1S/C34H42O3Si/c1-34(2,3)38(27-13-7-5-8-14-27,28-15-9-6-10-16-28)37-33-22-25-21-31-24(12-11-17-32(31)35-4)20-30(25)29(33)19-18-26-23-36-26/h5-17,25-26,29-30,33H,18-23H2,1-4H3/t25-,26-,29-,30-,33-/m1/s1. The van der Waals surface area contributed by atoms with Crippen LogP contribution in [0.5, 0.6) is 5.75 Å². The van der Waals surface area contributed by atoms with Gasteiger partial charge in [-0.15, -0.1) is 0 Å². The van der Waals surface area contributed by atoms with Crippen molar-refractivity contribution in [1.82, 2.24) is 0 Å². The molecule has 3 aromatic carbocycles. The molecule has 2 aliphatic carbocycles. The SMILES string of the molecule is COc1cccc2c1C[C@@H]1C[C@@H](O[Si](c3ccccc3)(c3ccccc3)C(C)(C)C)[C@H](CC[C@@H]3CO3)[C@@H]1C2. The predicted molar refractivity (Wildman–Crippen MR) is 157 cm³/mol. The van der Waals surface area contributed by atoms with Gasteiger partial charge in [-0.05, 0) is 82.5 Å². The normalized spacial score (nSPS) is 26.5. The molecule has 3 aromatic rings. The topological polar surface area (TPSA) is 31.0 Å². The molecule has 0 unspecified atom stereocenters. The number of ether oxygens (including phenoxy) is 2. The Kier molecular flexibility index (Phi) is 7.00. The molecule has 3 aliphatic rings. The molecule has 38 heavy (non-hydrogen) atoms. The van der Waals surface area contributed by atoms with Crippen molar-refractivity contribution < 1.29 is 13.9 Å². The number of hydrogen-bond donors (Lipinski definition) is 0. The summed E-state index contributed by atoms with van der Waals surface area (Å²) in [6, 6.07) is 28.9. The van der Waals surface area contributed by atoms with Crippen LogP contribution in [0.1, 0.15) is 51.2 Å². The molecule has 1 aliphatic heterocycles. The van der Waals surface area contributed by atoms with E-state index in [2.05, 4.69) is 99.6 Å². The summed E-state index contributed by atoms with van der Waals surface area (Å²) in [6.45, 7) is 8.13. The van der Waals surface area contributed by atoms with E-state index in [0.29, 0.717) is 23.9 Å². The Morgan fingerprint density at radius 3 is 2.08 bits per heavy atom. The van der Waals surface area contributed by atoms with Crippen molar-refractivity contribution in [3.63, 3.8) is 0 Å². The van der Waals surface area contributed by atoms with Crippen molar-refractivity contribution in [3.8, 4) is 5.75 Å². The second-order valence-corrected chi connectivity index (χ2v) is 16.9. The third-order valence-corrected chi connectivity index (χ3v) is 14.6. The van der Waals surface area contributed by atoms with Gasteiger partial charge in [0.2, 0.25) is 0 Å². The lowest BCUT2D eigenvalue weighted by Gasteiger charge is -2.46. The van der Waals surface area contributed by atoms with E-state index >= 15 is 0 Å². The molecule has 4 heteroatoms. The molecular weight excluding hydrogens is 484 g/mol. The third-order valence-electron chi connectivity index (χ3n) is 9.51. The number of fused-ring (bicyclic) bond motifs is 2. The number of hydrogen-bond acceptors (Lipinski definition) is 3. The van der Waals surface area contributed by atoms with Crippen LogP contribution in [0.25, 0.3) is 0 Å². The molecule has 200 valence electrons. The fourth-order valence-corrected chi connectivity index (χ4v) is 12.4. The lowest BCUT2D eigenvalue weighted by molar-refractivity contribution is 0.120. The van der Waals surface area contributed by atoms with Crippen LogP contribution in [-0.4, -0.2) is 34.2 Å². The van der Waals surface area contributed by atoms with Crippen molar-refractivity contribution >= 4 is 18.7 Å². The van der Waals surface area contributed by atoms with Crippen LogP contribution in [0.15, 0.2) is 78.9 Å². The first-order chi connectivity index (χ1) is 18.4. The number of methoxy groups -OCH3 is 1. The predicted octanol–water partition coefficient (Wildman–Crippen LogP) is 6.17. The van der Waals surface area contributed by atoms with E-state index in [0.717, 1.165) is 38.0 Å². The first-order valence-corrected chi connectivity index (χ1v) is 16.4. The Hall–Kier alpha value is -2.40. The minimum atomic E-state index is -2.61. The largest absolute Gasteiger partial charge is 0.496 e. The summed E-state index contributed by atoms with van der Waals surface area (Å²) in [4.78, 5) is 0. The van der Waals surface area contributed by atoms with Crippen LogP contribution in [0.4, 0.5) is 0 Å². The quantitative estimate of drug-likeness (QED) is 0.260. The van der Waals surface area contributed by atoms with Crippen molar-refractivity contribution in [1.29, 1.82) is 0 Å². The molecule has 5 atom stereocenters. The Morgan fingerprint density at radius 1 is 0.842 bits per heavy atom. The average molecular weight is 527 g/mol. The summed E-state index contributed by atoms with van der Waals surface area (Å²) in [6.07, 6.45) is 6.40. The van der Waals surface area contributed by atoms with Crippen molar-refractivity contribution in [2.75, 3.05) is 13.7 Å². The van der Waals surface area contributed by atoms with Gasteiger partial charge in [-0.3, -0.25) is 0 Å². The molecule has 1 saturated heterocycles. The van der Waals surface area contributed by atoms with Crippen LogP contribution in [0, 0.1) is 17.8 Å². The van der Waals surface area contributed by atoms with E-state index in [9.17, 15) is 0 Å². The third kappa shape index (κ3) is 4.65. The van der Waals surface area contributed by atoms with Gasteiger partial charge in [0.15, 0.2) is 0 Å². The van der Waals surface area contributed by atoms with Crippen LogP contribution in [0.2, 0.25) is 5.04 Å². The minimum Gasteiger partial charge on any atom is -0.496 e. The fourth-order valence-electron chi connectivity index (χ4n) is 7.63. The van der Waals surface area contributed by atoms with Gasteiger partial charge in [-0.1, -0.05) is 93.6 Å². The maximum absolute atomic E-state index is 7.82. The maximum atomic E-state index is 7.82. The molecule has 1 heterocycles. The molecule has 0 aromatic heterocycles. The number of benzene rings is 3. The van der Waals surface area contributed by atoms with Crippen LogP contribution < -0.4 is 15.1 Å². The summed E-state index contributed by atoms with van der Waals surface area (Å²) in [7, 11) is -0.805. The summed E-state index contributed by atoms with van der Waals surface area (Å²) in [5.41, 5.74) is 2.90. The van der Waals surface area contributed by atoms with E-state index in [-0.39, 0.29) is 11.1 Å². The molecule has 0 spiro atoms. The first-order valence-electron chi connectivity index (χ1n) is 14.5. The zero-order valence-corrected chi connectivity index (χ0v) is 24.4. The highest BCUT2D eigenvalue weighted by Crippen LogP contribution is 2.51. The van der Waals surface area contributed by atoms with E-state index in [4.69, 9.17) is 13.9 Å². The summed E-state index contributed by atoms with van der Waals surface area (Å²) >= 11 is 0. The minimum absolute atomic E-state index is 0.0141. The highest BCUT2D eigenvalue weighted by molar-refractivity contribution is 6.99. The van der Waals surface area contributed by atoms with Gasteiger partial charge in [0, 0.05) is 6.10 Å². The monoisotopic (exact) mass is 526 g/mol. The molecule has 0 bridgehead atoms. The van der Waals surface area contributed by atoms with E-state index in [1.54, 1.807) is 0 Å². The molecule has 2 fully saturated rings. The molecular formula is C34H42O3Si. The number of rotatable bonds is 8. The van der Waals surface area contributed by atoms with Gasteiger partial charge in [0.05, 0.1) is 19.8 Å².